The smallest absolute Gasteiger partial charge is 0.174 e. The molecule has 110 valence electrons. The van der Waals surface area contributed by atoms with E-state index in [2.05, 4.69) is 6.07 Å². The standard InChI is InChI=1S/C21H15NO/c22-15-16-11-13-19(14-12-16)21(23)20(17-7-3-1-4-8-17)18-9-5-2-6-10-18/h1-14,20H. The fraction of sp³-hybridized carbons (Fsp3) is 0.0476. The molecular formula is C21H15NO. The van der Waals surface area contributed by atoms with E-state index >= 15 is 0 Å². The molecule has 0 saturated carbocycles. The number of carbonyl (C=O) groups excluding carboxylic acids is 1. The highest BCUT2D eigenvalue weighted by atomic mass is 16.1. The van der Waals surface area contributed by atoms with E-state index in [-0.39, 0.29) is 11.7 Å². The van der Waals surface area contributed by atoms with Gasteiger partial charge in [0, 0.05) is 5.56 Å². The number of ketones is 1. The summed E-state index contributed by atoms with van der Waals surface area (Å²) in [6.45, 7) is 0. The van der Waals surface area contributed by atoms with Gasteiger partial charge < -0.3 is 0 Å². The molecule has 0 heterocycles. The number of nitriles is 1. The zero-order chi connectivity index (χ0) is 16.1. The van der Waals surface area contributed by atoms with Crippen LogP contribution < -0.4 is 0 Å². The quantitative estimate of drug-likeness (QED) is 0.662. The summed E-state index contributed by atoms with van der Waals surface area (Å²) in [7, 11) is 0. The molecule has 0 aliphatic heterocycles. The lowest BCUT2D eigenvalue weighted by atomic mass is 9.85. The van der Waals surface area contributed by atoms with Gasteiger partial charge in [0.1, 0.15) is 0 Å². The third-order valence-corrected chi connectivity index (χ3v) is 3.83. The fourth-order valence-electron chi connectivity index (χ4n) is 2.66. The van der Waals surface area contributed by atoms with E-state index in [1.54, 1.807) is 24.3 Å². The van der Waals surface area contributed by atoms with Gasteiger partial charge in [0.25, 0.3) is 0 Å². The molecular weight excluding hydrogens is 282 g/mol. The molecule has 0 N–H and O–H groups in total. The zero-order valence-corrected chi connectivity index (χ0v) is 12.5. The minimum atomic E-state index is -0.342. The topological polar surface area (TPSA) is 40.9 Å². The van der Waals surface area contributed by atoms with Crippen LogP contribution >= 0.6 is 0 Å². The maximum atomic E-state index is 13.1. The van der Waals surface area contributed by atoms with E-state index in [9.17, 15) is 4.79 Å². The van der Waals surface area contributed by atoms with Gasteiger partial charge in [-0.25, -0.2) is 0 Å². The highest BCUT2D eigenvalue weighted by Crippen LogP contribution is 2.28. The Labute approximate surface area is 135 Å². The van der Waals surface area contributed by atoms with Crippen molar-refractivity contribution in [2.75, 3.05) is 0 Å². The summed E-state index contributed by atoms with van der Waals surface area (Å²) in [5.41, 5.74) is 3.10. The summed E-state index contributed by atoms with van der Waals surface area (Å²) >= 11 is 0. The normalized spacial score (nSPS) is 10.3. The second kappa shape index (κ2) is 6.72. The lowest BCUT2D eigenvalue weighted by Crippen LogP contribution is -2.14. The van der Waals surface area contributed by atoms with Gasteiger partial charge in [-0.1, -0.05) is 72.8 Å². The number of Topliss-reactive ketones (excluding diaryl/α,β-unsaturated/α-hetero) is 1. The zero-order valence-electron chi connectivity index (χ0n) is 12.5. The number of hydrogen-bond acceptors (Lipinski definition) is 2. The average molecular weight is 297 g/mol. The monoisotopic (exact) mass is 297 g/mol. The van der Waals surface area contributed by atoms with Crippen molar-refractivity contribution in [1.82, 2.24) is 0 Å². The molecule has 0 radical (unpaired) electrons. The molecule has 3 aromatic carbocycles. The van der Waals surface area contributed by atoms with E-state index in [0.29, 0.717) is 11.1 Å². The van der Waals surface area contributed by atoms with Crippen molar-refractivity contribution < 1.29 is 4.79 Å². The number of nitrogens with zero attached hydrogens (tertiary/aromatic N) is 1. The third kappa shape index (κ3) is 3.20. The van der Waals surface area contributed by atoms with Crippen molar-refractivity contribution in [2.45, 2.75) is 5.92 Å². The number of carbonyl (C=O) groups is 1. The van der Waals surface area contributed by atoms with E-state index in [1.807, 2.05) is 60.7 Å². The lowest BCUT2D eigenvalue weighted by Gasteiger charge is -2.17. The first-order chi connectivity index (χ1) is 11.3. The molecule has 23 heavy (non-hydrogen) atoms. The number of hydrogen-bond donors (Lipinski definition) is 0. The molecule has 0 fully saturated rings. The molecule has 0 amide bonds. The van der Waals surface area contributed by atoms with Gasteiger partial charge >= 0.3 is 0 Å². The van der Waals surface area contributed by atoms with Gasteiger partial charge in [0.15, 0.2) is 5.78 Å². The summed E-state index contributed by atoms with van der Waals surface area (Å²) in [4.78, 5) is 13.1. The van der Waals surface area contributed by atoms with Crippen molar-refractivity contribution >= 4 is 5.78 Å². The van der Waals surface area contributed by atoms with Gasteiger partial charge in [-0.2, -0.15) is 5.26 Å². The fourth-order valence-corrected chi connectivity index (χ4v) is 2.66. The van der Waals surface area contributed by atoms with Crippen LogP contribution in [0.4, 0.5) is 0 Å². The van der Waals surface area contributed by atoms with Crippen molar-refractivity contribution in [2.24, 2.45) is 0 Å². The van der Waals surface area contributed by atoms with Crippen LogP contribution in [0, 0.1) is 11.3 Å². The summed E-state index contributed by atoms with van der Waals surface area (Å²) < 4.78 is 0. The highest BCUT2D eigenvalue weighted by Gasteiger charge is 2.23. The molecule has 3 aromatic rings. The molecule has 2 nitrogen and oxygen atoms in total. The molecule has 0 atom stereocenters. The second-order valence-electron chi connectivity index (χ2n) is 5.31. The van der Waals surface area contributed by atoms with Gasteiger partial charge in [0.2, 0.25) is 0 Å². The van der Waals surface area contributed by atoms with Crippen LogP contribution in [0.1, 0.15) is 33.0 Å². The van der Waals surface area contributed by atoms with Crippen LogP contribution in [0.5, 0.6) is 0 Å². The largest absolute Gasteiger partial charge is 0.293 e. The van der Waals surface area contributed by atoms with E-state index in [1.165, 1.54) is 0 Å². The Kier molecular flexibility index (Phi) is 4.31. The van der Waals surface area contributed by atoms with Gasteiger partial charge in [-0.05, 0) is 23.3 Å². The molecule has 0 bridgehead atoms. The first kappa shape index (κ1) is 14.7. The summed E-state index contributed by atoms with van der Waals surface area (Å²) in [5.74, 6) is -0.308. The first-order valence-corrected chi connectivity index (χ1v) is 7.44. The predicted octanol–water partition coefficient (Wildman–Crippen LogP) is 4.57. The molecule has 0 spiro atoms. The van der Waals surface area contributed by atoms with Crippen LogP contribution in [0.25, 0.3) is 0 Å². The lowest BCUT2D eigenvalue weighted by molar-refractivity contribution is 0.0974. The Bertz CT molecular complexity index is 791. The van der Waals surface area contributed by atoms with E-state index in [0.717, 1.165) is 11.1 Å². The minimum absolute atomic E-state index is 0.0342. The van der Waals surface area contributed by atoms with Crippen LogP contribution in [-0.2, 0) is 0 Å². The van der Waals surface area contributed by atoms with E-state index in [4.69, 9.17) is 5.26 Å². The molecule has 0 aromatic heterocycles. The SMILES string of the molecule is N#Cc1ccc(C(=O)C(c2ccccc2)c2ccccc2)cc1. The van der Waals surface area contributed by atoms with Gasteiger partial charge in [-0.15, -0.1) is 0 Å². The number of benzene rings is 3. The Balaban J connectivity index is 2.04. The maximum Gasteiger partial charge on any atom is 0.174 e. The second-order valence-corrected chi connectivity index (χ2v) is 5.31. The summed E-state index contributed by atoms with van der Waals surface area (Å²) in [5, 5.41) is 8.90. The Morgan fingerprint density at radius 2 is 1.22 bits per heavy atom. The third-order valence-electron chi connectivity index (χ3n) is 3.83. The summed E-state index contributed by atoms with van der Waals surface area (Å²) in [6.07, 6.45) is 0. The highest BCUT2D eigenvalue weighted by molar-refractivity contribution is 6.03. The Morgan fingerprint density at radius 1 is 0.739 bits per heavy atom. The molecule has 0 aliphatic carbocycles. The molecule has 2 heteroatoms. The molecule has 0 unspecified atom stereocenters. The van der Waals surface area contributed by atoms with Crippen molar-refractivity contribution in [3.63, 3.8) is 0 Å². The summed E-state index contributed by atoms with van der Waals surface area (Å²) in [6, 6.07) is 28.4. The average Bonchev–Trinajstić information content (AvgIpc) is 2.64. The molecule has 0 saturated heterocycles. The van der Waals surface area contributed by atoms with Gasteiger partial charge in [0.05, 0.1) is 17.6 Å². The van der Waals surface area contributed by atoms with Crippen LogP contribution in [0.2, 0.25) is 0 Å². The van der Waals surface area contributed by atoms with E-state index < -0.39 is 0 Å². The van der Waals surface area contributed by atoms with Gasteiger partial charge in [-0.3, -0.25) is 4.79 Å². The van der Waals surface area contributed by atoms with Crippen molar-refractivity contribution in [1.29, 1.82) is 5.26 Å². The van der Waals surface area contributed by atoms with Crippen LogP contribution in [-0.4, -0.2) is 5.78 Å². The number of rotatable bonds is 4. The van der Waals surface area contributed by atoms with Crippen LogP contribution in [0.3, 0.4) is 0 Å². The maximum absolute atomic E-state index is 13.1. The molecule has 0 aliphatic rings. The first-order valence-electron chi connectivity index (χ1n) is 7.44. The molecule has 3 rings (SSSR count). The Morgan fingerprint density at radius 3 is 1.65 bits per heavy atom. The Hall–Kier alpha value is -3.18. The predicted molar refractivity (Wildman–Crippen MR) is 90.2 cm³/mol. The van der Waals surface area contributed by atoms with Crippen molar-refractivity contribution in [3.8, 4) is 6.07 Å². The van der Waals surface area contributed by atoms with Crippen LogP contribution in [0.15, 0.2) is 84.9 Å². The van der Waals surface area contributed by atoms with Crippen molar-refractivity contribution in [3.05, 3.63) is 107 Å². The minimum Gasteiger partial charge on any atom is -0.293 e.